The number of aromatic nitrogens is 2. The number of rotatable bonds is 2. The third-order valence-corrected chi connectivity index (χ3v) is 2.20. The van der Waals surface area contributed by atoms with Crippen LogP contribution >= 0.6 is 0 Å². The molecular weight excluding hydrogens is 214 g/mol. The maximum absolute atomic E-state index is 10.9. The number of fused-ring (bicyclic) bond motifs is 1. The standard InChI is InChI=1S/C9H7N3O4/c1-5-8(12(15)16)11-4-2-3-6(9(13)14)7(11)10-5/h2-4H,1H3,(H,13,14). The zero-order valence-electron chi connectivity index (χ0n) is 8.25. The van der Waals surface area contributed by atoms with Gasteiger partial charge in [0.15, 0.2) is 0 Å². The molecular formula is C9H7N3O4. The van der Waals surface area contributed by atoms with E-state index in [9.17, 15) is 14.9 Å². The van der Waals surface area contributed by atoms with Crippen LogP contribution in [0.3, 0.4) is 0 Å². The number of hydrogen-bond donors (Lipinski definition) is 1. The molecule has 7 nitrogen and oxygen atoms in total. The lowest BCUT2D eigenvalue weighted by molar-refractivity contribution is -0.390. The van der Waals surface area contributed by atoms with E-state index in [2.05, 4.69) is 4.98 Å². The first-order valence-electron chi connectivity index (χ1n) is 4.37. The van der Waals surface area contributed by atoms with Crippen molar-refractivity contribution in [3.8, 4) is 0 Å². The van der Waals surface area contributed by atoms with Crippen LogP contribution in [-0.4, -0.2) is 25.4 Å². The second kappa shape index (κ2) is 3.30. The van der Waals surface area contributed by atoms with Crippen LogP contribution in [0.4, 0.5) is 5.82 Å². The Hall–Kier alpha value is -2.44. The van der Waals surface area contributed by atoms with Crippen molar-refractivity contribution < 1.29 is 14.8 Å². The molecule has 2 rings (SSSR count). The molecule has 0 spiro atoms. The fourth-order valence-corrected chi connectivity index (χ4v) is 1.56. The van der Waals surface area contributed by atoms with Crippen LogP contribution in [-0.2, 0) is 0 Å². The van der Waals surface area contributed by atoms with Crippen molar-refractivity contribution in [1.29, 1.82) is 0 Å². The quantitative estimate of drug-likeness (QED) is 0.607. The summed E-state index contributed by atoms with van der Waals surface area (Å²) in [4.78, 5) is 25.0. The Morgan fingerprint density at radius 3 is 2.88 bits per heavy atom. The predicted octanol–water partition coefficient (Wildman–Crippen LogP) is 1.25. The number of carboxylic acids is 1. The van der Waals surface area contributed by atoms with Gasteiger partial charge in [-0.25, -0.2) is 9.78 Å². The lowest BCUT2D eigenvalue weighted by atomic mass is 10.3. The van der Waals surface area contributed by atoms with Crippen molar-refractivity contribution in [3.63, 3.8) is 0 Å². The van der Waals surface area contributed by atoms with E-state index in [-0.39, 0.29) is 22.7 Å². The number of carboxylic acid groups (broad SMARTS) is 1. The molecule has 0 fully saturated rings. The van der Waals surface area contributed by atoms with Crippen molar-refractivity contribution in [3.05, 3.63) is 39.7 Å². The minimum atomic E-state index is -1.16. The van der Waals surface area contributed by atoms with Gasteiger partial charge in [0.25, 0.3) is 0 Å². The fraction of sp³-hybridized carbons (Fsp3) is 0.111. The van der Waals surface area contributed by atoms with E-state index in [1.807, 2.05) is 0 Å². The molecule has 0 unspecified atom stereocenters. The number of aryl methyl sites for hydroxylation is 1. The summed E-state index contributed by atoms with van der Waals surface area (Å²) < 4.78 is 1.17. The van der Waals surface area contributed by atoms with Crippen molar-refractivity contribution in [2.45, 2.75) is 6.92 Å². The smallest absolute Gasteiger partial charge is 0.350 e. The van der Waals surface area contributed by atoms with Crippen molar-refractivity contribution in [2.24, 2.45) is 0 Å². The summed E-state index contributed by atoms with van der Waals surface area (Å²) in [5.41, 5.74) is 0.219. The molecule has 2 aromatic heterocycles. The summed E-state index contributed by atoms with van der Waals surface area (Å²) in [5.74, 6) is -1.37. The Morgan fingerprint density at radius 1 is 1.62 bits per heavy atom. The number of pyridine rings is 1. The van der Waals surface area contributed by atoms with Gasteiger partial charge in [-0.15, -0.1) is 0 Å². The number of hydrogen-bond acceptors (Lipinski definition) is 4. The van der Waals surface area contributed by atoms with Gasteiger partial charge in [-0.2, -0.15) is 4.40 Å². The van der Waals surface area contributed by atoms with E-state index in [4.69, 9.17) is 5.11 Å². The molecule has 16 heavy (non-hydrogen) atoms. The van der Waals surface area contributed by atoms with Gasteiger partial charge in [-0.1, -0.05) is 0 Å². The average Bonchev–Trinajstić information content (AvgIpc) is 2.52. The number of carbonyl (C=O) groups is 1. The van der Waals surface area contributed by atoms with Gasteiger partial charge in [-0.05, 0) is 24.0 Å². The zero-order chi connectivity index (χ0) is 11.9. The van der Waals surface area contributed by atoms with E-state index in [0.717, 1.165) is 0 Å². The van der Waals surface area contributed by atoms with Gasteiger partial charge >= 0.3 is 11.8 Å². The highest BCUT2D eigenvalue weighted by Gasteiger charge is 2.23. The van der Waals surface area contributed by atoms with Crippen LogP contribution in [0, 0.1) is 17.0 Å². The third-order valence-electron chi connectivity index (χ3n) is 2.20. The van der Waals surface area contributed by atoms with E-state index >= 15 is 0 Å². The fourth-order valence-electron chi connectivity index (χ4n) is 1.56. The maximum atomic E-state index is 10.9. The van der Waals surface area contributed by atoms with E-state index in [1.165, 1.54) is 29.7 Å². The Kier molecular flexibility index (Phi) is 2.08. The summed E-state index contributed by atoms with van der Waals surface area (Å²) in [6.07, 6.45) is 1.42. The van der Waals surface area contributed by atoms with Gasteiger partial charge in [0.1, 0.15) is 11.3 Å². The first-order chi connectivity index (χ1) is 7.52. The van der Waals surface area contributed by atoms with Crippen molar-refractivity contribution in [1.82, 2.24) is 9.38 Å². The number of imidazole rings is 1. The van der Waals surface area contributed by atoms with E-state index in [1.54, 1.807) is 0 Å². The normalized spacial score (nSPS) is 10.6. The Labute approximate surface area is 89.1 Å². The Balaban J connectivity index is 2.88. The molecule has 0 saturated carbocycles. The lowest BCUT2D eigenvalue weighted by Crippen LogP contribution is -2.01. The largest absolute Gasteiger partial charge is 0.477 e. The van der Waals surface area contributed by atoms with Crippen molar-refractivity contribution in [2.75, 3.05) is 0 Å². The minimum Gasteiger partial charge on any atom is -0.477 e. The maximum Gasteiger partial charge on any atom is 0.350 e. The second-order valence-corrected chi connectivity index (χ2v) is 3.20. The zero-order valence-corrected chi connectivity index (χ0v) is 8.25. The third kappa shape index (κ3) is 1.29. The van der Waals surface area contributed by atoms with Crippen LogP contribution < -0.4 is 0 Å². The molecule has 0 radical (unpaired) electrons. The molecule has 0 saturated heterocycles. The highest BCUT2D eigenvalue weighted by molar-refractivity contribution is 5.94. The molecule has 0 amide bonds. The first kappa shape index (κ1) is 10.1. The minimum absolute atomic E-state index is 0.0568. The Morgan fingerprint density at radius 2 is 2.31 bits per heavy atom. The number of nitro groups is 1. The average molecular weight is 221 g/mol. The molecule has 0 bridgehead atoms. The molecule has 2 aromatic rings. The highest BCUT2D eigenvalue weighted by atomic mass is 16.6. The topological polar surface area (TPSA) is 97.7 Å². The highest BCUT2D eigenvalue weighted by Crippen LogP contribution is 2.21. The molecule has 0 atom stereocenters. The van der Waals surface area contributed by atoms with Gasteiger partial charge in [-0.3, -0.25) is 0 Å². The molecule has 2 heterocycles. The number of nitrogens with zero attached hydrogens (tertiary/aromatic N) is 3. The van der Waals surface area contributed by atoms with Crippen LogP contribution in [0.15, 0.2) is 18.3 Å². The van der Waals surface area contributed by atoms with E-state index < -0.39 is 10.9 Å². The van der Waals surface area contributed by atoms with Crippen LogP contribution in [0.25, 0.3) is 5.65 Å². The molecule has 0 aromatic carbocycles. The van der Waals surface area contributed by atoms with Crippen molar-refractivity contribution >= 4 is 17.4 Å². The first-order valence-corrected chi connectivity index (χ1v) is 4.37. The van der Waals surface area contributed by atoms with E-state index in [0.29, 0.717) is 0 Å². The van der Waals surface area contributed by atoms with Gasteiger partial charge < -0.3 is 15.2 Å². The summed E-state index contributed by atoms with van der Waals surface area (Å²) in [6, 6.07) is 2.79. The molecule has 82 valence electrons. The summed E-state index contributed by atoms with van der Waals surface area (Å²) in [7, 11) is 0. The van der Waals surface area contributed by atoms with Crippen LogP contribution in [0.5, 0.6) is 0 Å². The summed E-state index contributed by atoms with van der Waals surface area (Å²) >= 11 is 0. The monoisotopic (exact) mass is 221 g/mol. The number of aromatic carboxylic acids is 1. The Bertz CT molecular complexity index is 602. The van der Waals surface area contributed by atoms with Crippen LogP contribution in [0.2, 0.25) is 0 Å². The molecule has 1 N–H and O–H groups in total. The lowest BCUT2D eigenvalue weighted by Gasteiger charge is -1.95. The van der Waals surface area contributed by atoms with Crippen LogP contribution in [0.1, 0.15) is 16.1 Å². The van der Waals surface area contributed by atoms with Gasteiger partial charge in [0, 0.05) is 0 Å². The molecule has 0 aliphatic rings. The predicted molar refractivity (Wildman–Crippen MR) is 53.5 cm³/mol. The summed E-state index contributed by atoms with van der Waals surface area (Å²) in [5, 5.41) is 19.7. The summed E-state index contributed by atoms with van der Waals surface area (Å²) in [6.45, 7) is 1.47. The van der Waals surface area contributed by atoms with Gasteiger partial charge in [0.2, 0.25) is 5.65 Å². The van der Waals surface area contributed by atoms with Gasteiger partial charge in [0.05, 0.1) is 6.20 Å². The second-order valence-electron chi connectivity index (χ2n) is 3.20. The molecule has 7 heteroatoms. The SMILES string of the molecule is Cc1nc2c(C(=O)O)cccn2c1[N+](=O)[O-]. The molecule has 0 aliphatic carbocycles. The molecule has 0 aliphatic heterocycles.